The Kier molecular flexibility index (Phi) is 5.28. The van der Waals surface area contributed by atoms with E-state index in [1.165, 1.54) is 36.4 Å². The van der Waals surface area contributed by atoms with Gasteiger partial charge < -0.3 is 4.42 Å². The summed E-state index contributed by atoms with van der Waals surface area (Å²) in [4.78, 5) is 12.8. The summed E-state index contributed by atoms with van der Waals surface area (Å²) in [5.41, 5.74) is 1.19. The van der Waals surface area contributed by atoms with Crippen LogP contribution in [0.5, 0.6) is 0 Å². The maximum atomic E-state index is 13.2. The van der Waals surface area contributed by atoms with E-state index in [1.807, 2.05) is 6.92 Å². The molecule has 0 amide bonds. The third-order valence-electron chi connectivity index (χ3n) is 4.34. The van der Waals surface area contributed by atoms with Gasteiger partial charge in [-0.2, -0.15) is 0 Å². The molecule has 3 rings (SSSR count). The Bertz CT molecular complexity index is 1050. The van der Waals surface area contributed by atoms with E-state index in [1.54, 1.807) is 31.2 Å². The van der Waals surface area contributed by atoms with Crippen LogP contribution in [0, 0.1) is 19.7 Å². The van der Waals surface area contributed by atoms with E-state index >= 15 is 0 Å². The van der Waals surface area contributed by atoms with E-state index in [9.17, 15) is 17.6 Å². The highest BCUT2D eigenvalue weighted by atomic mass is 32.2. The maximum Gasteiger partial charge on any atom is 0.188 e. The third kappa shape index (κ3) is 4.17. The molecule has 6 heteroatoms. The smallest absolute Gasteiger partial charge is 0.188 e. The molecule has 0 spiro atoms. The lowest BCUT2D eigenvalue weighted by Gasteiger charge is -2.16. The van der Waals surface area contributed by atoms with Crippen molar-refractivity contribution in [2.24, 2.45) is 0 Å². The van der Waals surface area contributed by atoms with Crippen molar-refractivity contribution in [2.75, 3.05) is 0 Å². The molecule has 2 aromatic carbocycles. The van der Waals surface area contributed by atoms with Crippen LogP contribution in [0.2, 0.25) is 0 Å². The molecular weight excluding hydrogens is 367 g/mol. The summed E-state index contributed by atoms with van der Waals surface area (Å²) in [6.45, 7) is 3.57. The number of carbonyl (C=O) groups excluding carboxylic acids is 1. The highest BCUT2D eigenvalue weighted by Crippen LogP contribution is 2.34. The SMILES string of the molecule is Cc1ccc(S(=O)(=O)[C@@H](CC(=O)c2ccc(F)cc2)c2ccc(C)o2)cc1. The van der Waals surface area contributed by atoms with Gasteiger partial charge in [0.1, 0.15) is 22.6 Å². The quantitative estimate of drug-likeness (QED) is 0.570. The highest BCUT2D eigenvalue weighted by Gasteiger charge is 2.34. The molecule has 1 aromatic heterocycles. The fourth-order valence-electron chi connectivity index (χ4n) is 2.80. The number of aryl methyl sites for hydroxylation is 2. The van der Waals surface area contributed by atoms with Gasteiger partial charge in [-0.05, 0) is 62.4 Å². The molecular formula is C21H19FO4S. The summed E-state index contributed by atoms with van der Waals surface area (Å²) < 4.78 is 45.0. The lowest BCUT2D eigenvalue weighted by molar-refractivity contribution is 0.0978. The van der Waals surface area contributed by atoms with Crippen LogP contribution in [0.4, 0.5) is 4.39 Å². The first-order valence-corrected chi connectivity index (χ1v) is 9.97. The predicted molar refractivity (Wildman–Crippen MR) is 99.9 cm³/mol. The summed E-state index contributed by atoms with van der Waals surface area (Å²) in [6.07, 6.45) is -0.297. The highest BCUT2D eigenvalue weighted by molar-refractivity contribution is 7.91. The Morgan fingerprint density at radius 2 is 1.59 bits per heavy atom. The Balaban J connectivity index is 2.00. The first-order chi connectivity index (χ1) is 12.8. The molecule has 0 bridgehead atoms. The molecule has 0 fully saturated rings. The number of sulfone groups is 1. The van der Waals surface area contributed by atoms with Gasteiger partial charge in [0.15, 0.2) is 15.6 Å². The fourth-order valence-corrected chi connectivity index (χ4v) is 4.45. The predicted octanol–water partition coefficient (Wildman–Crippen LogP) is 4.82. The minimum Gasteiger partial charge on any atom is -0.465 e. The maximum absolute atomic E-state index is 13.2. The zero-order chi connectivity index (χ0) is 19.6. The average Bonchev–Trinajstić information content (AvgIpc) is 3.06. The standard InChI is InChI=1S/C21H19FO4S/c1-14-3-10-18(11-4-14)27(24,25)21(20-12-5-15(2)26-20)13-19(23)16-6-8-17(22)9-7-16/h3-12,21H,13H2,1-2H3/t21-/m0/s1. The second kappa shape index (κ2) is 7.48. The number of carbonyl (C=O) groups is 1. The summed E-state index contributed by atoms with van der Waals surface area (Å²) >= 11 is 0. The monoisotopic (exact) mass is 386 g/mol. The summed E-state index contributed by atoms with van der Waals surface area (Å²) in [7, 11) is -3.86. The number of Topliss-reactive ketones (excluding diaryl/α,β-unsaturated/α-hetero) is 1. The molecule has 0 saturated carbocycles. The number of ketones is 1. The van der Waals surface area contributed by atoms with E-state index in [0.717, 1.165) is 5.56 Å². The molecule has 0 saturated heterocycles. The minimum atomic E-state index is -3.86. The normalized spacial score (nSPS) is 12.7. The second-order valence-electron chi connectivity index (χ2n) is 6.43. The Labute approximate surface area is 157 Å². The Morgan fingerprint density at radius 1 is 0.963 bits per heavy atom. The van der Waals surface area contributed by atoms with E-state index in [-0.39, 0.29) is 22.6 Å². The van der Waals surface area contributed by atoms with Crippen molar-refractivity contribution in [1.29, 1.82) is 0 Å². The van der Waals surface area contributed by atoms with E-state index in [4.69, 9.17) is 4.42 Å². The summed E-state index contributed by atoms with van der Waals surface area (Å²) in [5.74, 6) is -0.0892. The minimum absolute atomic E-state index is 0.124. The fraction of sp³-hybridized carbons (Fsp3) is 0.190. The van der Waals surface area contributed by atoms with E-state index in [2.05, 4.69) is 0 Å². The number of hydrogen-bond donors (Lipinski definition) is 0. The van der Waals surface area contributed by atoms with Crippen LogP contribution < -0.4 is 0 Å². The van der Waals surface area contributed by atoms with Gasteiger partial charge in [-0.15, -0.1) is 0 Å². The molecule has 0 aliphatic carbocycles. The molecule has 0 radical (unpaired) electrons. The lowest BCUT2D eigenvalue weighted by Crippen LogP contribution is -2.17. The van der Waals surface area contributed by atoms with Crippen LogP contribution in [-0.4, -0.2) is 14.2 Å². The zero-order valence-electron chi connectivity index (χ0n) is 15.0. The molecule has 27 heavy (non-hydrogen) atoms. The zero-order valence-corrected chi connectivity index (χ0v) is 15.8. The summed E-state index contributed by atoms with van der Waals surface area (Å²) in [5, 5.41) is -1.16. The van der Waals surface area contributed by atoms with Crippen molar-refractivity contribution in [3.63, 3.8) is 0 Å². The van der Waals surface area contributed by atoms with Gasteiger partial charge in [-0.1, -0.05) is 17.7 Å². The van der Waals surface area contributed by atoms with Crippen LogP contribution >= 0.6 is 0 Å². The van der Waals surface area contributed by atoms with Gasteiger partial charge in [0.2, 0.25) is 0 Å². The van der Waals surface area contributed by atoms with Crippen molar-refractivity contribution in [3.8, 4) is 0 Å². The number of furan rings is 1. The third-order valence-corrected chi connectivity index (χ3v) is 6.42. The molecule has 1 heterocycles. The molecule has 1 atom stereocenters. The van der Waals surface area contributed by atoms with Crippen LogP contribution in [-0.2, 0) is 9.84 Å². The topological polar surface area (TPSA) is 64.3 Å². The number of halogens is 1. The number of hydrogen-bond acceptors (Lipinski definition) is 4. The van der Waals surface area contributed by atoms with Crippen molar-refractivity contribution < 1.29 is 22.0 Å². The number of rotatable bonds is 6. The summed E-state index contributed by atoms with van der Waals surface area (Å²) in [6, 6.07) is 14.7. The molecule has 4 nitrogen and oxygen atoms in total. The van der Waals surface area contributed by atoms with Crippen molar-refractivity contribution in [1.82, 2.24) is 0 Å². The molecule has 3 aromatic rings. The van der Waals surface area contributed by atoms with Crippen LogP contribution in [0.25, 0.3) is 0 Å². The second-order valence-corrected chi connectivity index (χ2v) is 8.56. The van der Waals surface area contributed by atoms with Crippen LogP contribution in [0.15, 0.2) is 70.0 Å². The number of benzene rings is 2. The van der Waals surface area contributed by atoms with Crippen LogP contribution in [0.1, 0.15) is 39.1 Å². The van der Waals surface area contributed by atoms with E-state index < -0.39 is 26.7 Å². The van der Waals surface area contributed by atoms with E-state index in [0.29, 0.717) is 5.76 Å². The van der Waals surface area contributed by atoms with Gasteiger partial charge >= 0.3 is 0 Å². The van der Waals surface area contributed by atoms with Crippen molar-refractivity contribution in [2.45, 2.75) is 30.4 Å². The Morgan fingerprint density at radius 3 is 2.15 bits per heavy atom. The molecule has 0 unspecified atom stereocenters. The first-order valence-electron chi connectivity index (χ1n) is 8.43. The van der Waals surface area contributed by atoms with Gasteiger partial charge in [0, 0.05) is 12.0 Å². The van der Waals surface area contributed by atoms with Crippen molar-refractivity contribution >= 4 is 15.6 Å². The molecule has 0 aliphatic heterocycles. The van der Waals surface area contributed by atoms with Crippen molar-refractivity contribution in [3.05, 3.63) is 89.1 Å². The first kappa shape index (κ1) is 19.0. The van der Waals surface area contributed by atoms with Gasteiger partial charge in [0.25, 0.3) is 0 Å². The molecule has 0 N–H and O–H groups in total. The van der Waals surface area contributed by atoms with Crippen LogP contribution in [0.3, 0.4) is 0 Å². The largest absolute Gasteiger partial charge is 0.465 e. The van der Waals surface area contributed by atoms with Gasteiger partial charge in [-0.3, -0.25) is 4.79 Å². The van der Waals surface area contributed by atoms with Gasteiger partial charge in [0.05, 0.1) is 4.90 Å². The van der Waals surface area contributed by atoms with Gasteiger partial charge in [-0.25, -0.2) is 12.8 Å². The lowest BCUT2D eigenvalue weighted by atomic mass is 10.1. The molecule has 0 aliphatic rings. The molecule has 140 valence electrons. The Hall–Kier alpha value is -2.73. The average molecular weight is 386 g/mol.